The van der Waals surface area contributed by atoms with Crippen molar-refractivity contribution in [1.82, 2.24) is 10.3 Å². The molecule has 0 radical (unpaired) electrons. The van der Waals surface area contributed by atoms with E-state index in [4.69, 9.17) is 0 Å². The number of anilines is 1. The van der Waals surface area contributed by atoms with Gasteiger partial charge in [-0.1, -0.05) is 13.0 Å². The highest BCUT2D eigenvalue weighted by molar-refractivity contribution is 7.15. The fourth-order valence-corrected chi connectivity index (χ4v) is 2.82. The van der Waals surface area contributed by atoms with Gasteiger partial charge in [-0.25, -0.2) is 13.8 Å². The van der Waals surface area contributed by atoms with Crippen molar-refractivity contribution in [2.75, 3.05) is 11.9 Å². The van der Waals surface area contributed by atoms with Crippen LogP contribution in [0.1, 0.15) is 30.2 Å². The summed E-state index contributed by atoms with van der Waals surface area (Å²) in [5.41, 5.74) is 0.613. The normalized spacial score (nSPS) is 10.5. The van der Waals surface area contributed by atoms with E-state index in [-0.39, 0.29) is 18.4 Å². The smallest absolute Gasteiger partial charge is 0.245 e. The third-order valence-corrected chi connectivity index (χ3v) is 4.00. The van der Waals surface area contributed by atoms with E-state index in [1.807, 2.05) is 6.92 Å². The number of carbonyl (C=O) groups excluding carboxylic acids is 2. The molecule has 0 aliphatic rings. The summed E-state index contributed by atoms with van der Waals surface area (Å²) in [4.78, 5) is 27.9. The summed E-state index contributed by atoms with van der Waals surface area (Å²) in [6.45, 7) is 1.76. The Kier molecular flexibility index (Phi) is 6.36. The lowest BCUT2D eigenvalue weighted by Crippen LogP contribution is -2.32. The minimum atomic E-state index is -0.895. The quantitative estimate of drug-likeness (QED) is 0.804. The zero-order chi connectivity index (χ0) is 17.5. The van der Waals surface area contributed by atoms with Crippen LogP contribution < -0.4 is 10.6 Å². The maximum atomic E-state index is 13.2. The summed E-state index contributed by atoms with van der Waals surface area (Å²) in [6.07, 6.45) is 3.05. The fraction of sp³-hybridized carbons (Fsp3) is 0.312. The second-order valence-electron chi connectivity index (χ2n) is 5.13. The highest BCUT2D eigenvalue weighted by Gasteiger charge is 2.10. The summed E-state index contributed by atoms with van der Waals surface area (Å²) < 4.78 is 26.1. The summed E-state index contributed by atoms with van der Waals surface area (Å²) in [6, 6.07) is 3.71. The van der Waals surface area contributed by atoms with Gasteiger partial charge >= 0.3 is 0 Å². The third kappa shape index (κ3) is 5.38. The second kappa shape index (κ2) is 8.49. The average molecular weight is 353 g/mol. The molecule has 0 atom stereocenters. The molecule has 0 saturated heterocycles. The molecule has 24 heavy (non-hydrogen) atoms. The molecule has 0 saturated carbocycles. The SMILES string of the molecule is CCCC(=O)NCC(=O)Nc1ncc(Cc2ccc(F)c(F)c2)s1. The average Bonchev–Trinajstić information content (AvgIpc) is 2.96. The van der Waals surface area contributed by atoms with Crippen molar-refractivity contribution in [3.05, 3.63) is 46.5 Å². The lowest BCUT2D eigenvalue weighted by molar-refractivity contribution is -0.124. The van der Waals surface area contributed by atoms with E-state index in [0.29, 0.717) is 30.0 Å². The number of carbonyl (C=O) groups is 2. The molecule has 0 aliphatic carbocycles. The van der Waals surface area contributed by atoms with Gasteiger partial charge in [-0.2, -0.15) is 0 Å². The van der Waals surface area contributed by atoms with Gasteiger partial charge in [-0.15, -0.1) is 11.3 Å². The highest BCUT2D eigenvalue weighted by atomic mass is 32.1. The van der Waals surface area contributed by atoms with Crippen LogP contribution in [-0.4, -0.2) is 23.3 Å². The lowest BCUT2D eigenvalue weighted by Gasteiger charge is -2.03. The summed E-state index contributed by atoms with van der Waals surface area (Å²) in [7, 11) is 0. The number of aromatic nitrogens is 1. The van der Waals surface area contributed by atoms with Gasteiger partial charge in [0.25, 0.3) is 0 Å². The number of amides is 2. The Bertz CT molecular complexity index is 734. The van der Waals surface area contributed by atoms with Crippen LogP contribution >= 0.6 is 11.3 Å². The predicted octanol–water partition coefficient (Wildman–Crippen LogP) is 2.87. The maximum Gasteiger partial charge on any atom is 0.245 e. The molecule has 0 bridgehead atoms. The highest BCUT2D eigenvalue weighted by Crippen LogP contribution is 2.21. The number of nitrogens with zero attached hydrogens (tertiary/aromatic N) is 1. The Morgan fingerprint density at radius 1 is 1.21 bits per heavy atom. The summed E-state index contributed by atoms with van der Waals surface area (Å²) >= 11 is 1.24. The van der Waals surface area contributed by atoms with Crippen LogP contribution in [0.2, 0.25) is 0 Å². The number of nitrogens with one attached hydrogen (secondary N) is 2. The molecule has 5 nitrogen and oxygen atoms in total. The molecule has 1 aromatic heterocycles. The molecule has 0 spiro atoms. The summed E-state index contributed by atoms with van der Waals surface area (Å²) in [5.74, 6) is -2.33. The van der Waals surface area contributed by atoms with Gasteiger partial charge < -0.3 is 10.6 Å². The van der Waals surface area contributed by atoms with Crippen LogP contribution in [0.3, 0.4) is 0 Å². The third-order valence-electron chi connectivity index (χ3n) is 3.09. The van der Waals surface area contributed by atoms with Gasteiger partial charge in [0, 0.05) is 23.9 Å². The van der Waals surface area contributed by atoms with E-state index in [1.165, 1.54) is 17.4 Å². The molecule has 2 aromatic rings. The molecule has 2 N–H and O–H groups in total. The molecular formula is C16H17F2N3O2S. The largest absolute Gasteiger partial charge is 0.347 e. The molecule has 8 heteroatoms. The minimum absolute atomic E-state index is 0.114. The van der Waals surface area contributed by atoms with E-state index in [0.717, 1.165) is 17.0 Å². The van der Waals surface area contributed by atoms with Gasteiger partial charge in [-0.3, -0.25) is 9.59 Å². The van der Waals surface area contributed by atoms with Crippen molar-refractivity contribution in [3.8, 4) is 0 Å². The Hall–Kier alpha value is -2.35. The Balaban J connectivity index is 1.87. The van der Waals surface area contributed by atoms with Crippen molar-refractivity contribution < 1.29 is 18.4 Å². The Morgan fingerprint density at radius 3 is 2.71 bits per heavy atom. The van der Waals surface area contributed by atoms with E-state index in [9.17, 15) is 18.4 Å². The number of thiazole rings is 1. The topological polar surface area (TPSA) is 71.1 Å². The second-order valence-corrected chi connectivity index (χ2v) is 6.25. The zero-order valence-corrected chi connectivity index (χ0v) is 13.9. The number of hydrogen-bond donors (Lipinski definition) is 2. The van der Waals surface area contributed by atoms with Gasteiger partial charge in [0.2, 0.25) is 11.8 Å². The predicted molar refractivity (Wildman–Crippen MR) is 87.8 cm³/mol. The number of hydrogen-bond acceptors (Lipinski definition) is 4. The van der Waals surface area contributed by atoms with Crippen molar-refractivity contribution in [1.29, 1.82) is 0 Å². The Labute approximate surface area is 142 Å². The first-order chi connectivity index (χ1) is 11.5. The molecule has 0 unspecified atom stereocenters. The van der Waals surface area contributed by atoms with Crippen LogP contribution in [0.25, 0.3) is 0 Å². The first-order valence-electron chi connectivity index (χ1n) is 7.43. The van der Waals surface area contributed by atoms with Gasteiger partial charge in [0.1, 0.15) is 0 Å². The van der Waals surface area contributed by atoms with Crippen LogP contribution in [0, 0.1) is 11.6 Å². The van der Waals surface area contributed by atoms with Crippen molar-refractivity contribution in [2.24, 2.45) is 0 Å². The molecule has 2 amide bonds. The monoisotopic (exact) mass is 353 g/mol. The molecule has 128 valence electrons. The van der Waals surface area contributed by atoms with Crippen LogP contribution in [0.15, 0.2) is 24.4 Å². The van der Waals surface area contributed by atoms with Crippen LogP contribution in [-0.2, 0) is 16.0 Å². The van der Waals surface area contributed by atoms with E-state index in [2.05, 4.69) is 15.6 Å². The maximum absolute atomic E-state index is 13.2. The summed E-state index contributed by atoms with van der Waals surface area (Å²) in [5, 5.41) is 5.49. The van der Waals surface area contributed by atoms with E-state index in [1.54, 1.807) is 6.20 Å². The van der Waals surface area contributed by atoms with Gasteiger partial charge in [-0.05, 0) is 24.1 Å². The van der Waals surface area contributed by atoms with Gasteiger partial charge in [0.15, 0.2) is 16.8 Å². The molecule has 2 rings (SSSR count). The molecule has 0 fully saturated rings. The first kappa shape index (κ1) is 18.0. The van der Waals surface area contributed by atoms with Crippen molar-refractivity contribution in [3.63, 3.8) is 0 Å². The van der Waals surface area contributed by atoms with Crippen LogP contribution in [0.5, 0.6) is 0 Å². The lowest BCUT2D eigenvalue weighted by atomic mass is 10.1. The first-order valence-corrected chi connectivity index (χ1v) is 8.24. The molecule has 1 aromatic carbocycles. The zero-order valence-electron chi connectivity index (χ0n) is 13.1. The standard InChI is InChI=1S/C16H17F2N3O2S/c1-2-3-14(22)19-9-15(23)21-16-20-8-11(24-16)6-10-4-5-12(17)13(18)7-10/h4-5,7-8H,2-3,6,9H2,1H3,(H,19,22)(H,20,21,23). The molecule has 1 heterocycles. The van der Waals surface area contributed by atoms with Crippen molar-refractivity contribution in [2.45, 2.75) is 26.2 Å². The molecule has 0 aliphatic heterocycles. The minimum Gasteiger partial charge on any atom is -0.347 e. The number of benzene rings is 1. The van der Waals surface area contributed by atoms with Crippen molar-refractivity contribution >= 4 is 28.3 Å². The Morgan fingerprint density at radius 2 is 2.00 bits per heavy atom. The molecular weight excluding hydrogens is 336 g/mol. The number of rotatable bonds is 7. The van der Waals surface area contributed by atoms with Gasteiger partial charge in [0.05, 0.1) is 6.54 Å². The number of halogens is 2. The fourth-order valence-electron chi connectivity index (χ4n) is 1.96. The van der Waals surface area contributed by atoms with E-state index >= 15 is 0 Å². The van der Waals surface area contributed by atoms with E-state index < -0.39 is 11.6 Å². The van der Waals surface area contributed by atoms with Crippen LogP contribution in [0.4, 0.5) is 13.9 Å².